The number of aromatic nitrogens is 1. The Bertz CT molecular complexity index is 1900. The molecular formula is C29H25F6N5O8S. The smallest absolute Gasteiger partial charge is 0.475 e. The lowest BCUT2D eigenvalue weighted by Crippen LogP contribution is -2.21. The van der Waals surface area contributed by atoms with E-state index in [9.17, 15) is 39.6 Å². The largest absolute Gasteiger partial charge is 0.490 e. The Balaban J connectivity index is 0.000000500. The second-order valence-electron chi connectivity index (χ2n) is 9.49. The van der Waals surface area contributed by atoms with Gasteiger partial charge in [0.05, 0.1) is 21.8 Å². The van der Waals surface area contributed by atoms with Gasteiger partial charge in [0.1, 0.15) is 5.71 Å². The lowest BCUT2D eigenvalue weighted by Gasteiger charge is -2.19. The van der Waals surface area contributed by atoms with Crippen molar-refractivity contribution in [3.8, 4) is 11.1 Å². The molecule has 0 fully saturated rings. The average molecular weight is 718 g/mol. The molecule has 0 aliphatic heterocycles. The summed E-state index contributed by atoms with van der Waals surface area (Å²) in [6, 6.07) is 16.5. The highest BCUT2D eigenvalue weighted by Gasteiger charge is 2.39. The van der Waals surface area contributed by atoms with Crippen molar-refractivity contribution in [3.63, 3.8) is 0 Å². The summed E-state index contributed by atoms with van der Waals surface area (Å²) in [5, 5.41) is 34.8. The Hall–Kier alpha value is -5.76. The molecule has 0 spiro atoms. The highest BCUT2D eigenvalue weighted by molar-refractivity contribution is 7.89. The number of amides is 1. The first-order chi connectivity index (χ1) is 22.6. The number of oxime groups is 1. The van der Waals surface area contributed by atoms with Crippen LogP contribution in [0.25, 0.3) is 16.7 Å². The molecule has 1 heterocycles. The van der Waals surface area contributed by atoms with Crippen molar-refractivity contribution in [1.82, 2.24) is 4.98 Å². The molecule has 0 unspecified atom stereocenters. The molecule has 3 aromatic rings. The summed E-state index contributed by atoms with van der Waals surface area (Å²) in [7, 11) is -3.89. The van der Waals surface area contributed by atoms with Crippen LogP contribution in [0.5, 0.6) is 0 Å². The van der Waals surface area contributed by atoms with Crippen molar-refractivity contribution in [2.24, 2.45) is 16.0 Å². The third-order valence-electron chi connectivity index (χ3n) is 6.18. The van der Waals surface area contributed by atoms with Crippen molar-refractivity contribution in [2.45, 2.75) is 30.6 Å². The molecule has 20 heteroatoms. The summed E-state index contributed by atoms with van der Waals surface area (Å²) >= 11 is 0. The summed E-state index contributed by atoms with van der Waals surface area (Å²) < 4.78 is 87.3. The van der Waals surface area contributed by atoms with Gasteiger partial charge < -0.3 is 26.5 Å². The fourth-order valence-corrected chi connectivity index (χ4v) is 4.64. The summed E-state index contributed by atoms with van der Waals surface area (Å²) in [6.07, 6.45) is -6.45. The minimum absolute atomic E-state index is 0.0228. The molecule has 0 saturated carbocycles. The van der Waals surface area contributed by atoms with E-state index < -0.39 is 34.3 Å². The van der Waals surface area contributed by atoms with Gasteiger partial charge in [-0.1, -0.05) is 41.6 Å². The third kappa shape index (κ3) is 10.9. The number of primary sulfonamides is 1. The number of hydrogen-bond donors (Lipinski definition) is 6. The third-order valence-corrected chi connectivity index (χ3v) is 7.15. The number of nitrogens with two attached hydrogens (primary N) is 2. The minimum Gasteiger partial charge on any atom is -0.475 e. The SMILES string of the molecule is CC1=C(N)C(=NO)CC=C1c1ncccc1C(=O)Nc1ccc(-c2ccccc2S(N)(=O)=O)cc1.O=C(O)C(F)(F)F.O=C(O)C(F)(F)F. The van der Waals surface area contributed by atoms with Gasteiger partial charge in [0, 0.05) is 29.4 Å². The van der Waals surface area contributed by atoms with Crippen LogP contribution in [0.2, 0.25) is 0 Å². The minimum atomic E-state index is -5.08. The van der Waals surface area contributed by atoms with Crippen LogP contribution >= 0.6 is 0 Å². The zero-order chi connectivity index (χ0) is 37.3. The maximum atomic E-state index is 13.1. The van der Waals surface area contributed by atoms with Crippen LogP contribution in [0.1, 0.15) is 29.4 Å². The summed E-state index contributed by atoms with van der Waals surface area (Å²) in [5.41, 5.74) is 10.6. The first kappa shape index (κ1) is 39.4. The van der Waals surface area contributed by atoms with Gasteiger partial charge in [-0.3, -0.25) is 9.78 Å². The average Bonchev–Trinajstić information content (AvgIpc) is 3.02. The van der Waals surface area contributed by atoms with Crippen molar-refractivity contribution in [3.05, 3.63) is 95.5 Å². The number of aliphatic carboxylic acids is 2. The highest BCUT2D eigenvalue weighted by atomic mass is 32.2. The van der Waals surface area contributed by atoms with Gasteiger partial charge in [-0.15, -0.1) is 0 Å². The van der Waals surface area contributed by atoms with E-state index in [0.29, 0.717) is 57.0 Å². The second-order valence-corrected chi connectivity index (χ2v) is 11.0. The Kier molecular flexibility index (Phi) is 12.8. The first-order valence-corrected chi connectivity index (χ1v) is 14.6. The van der Waals surface area contributed by atoms with Gasteiger partial charge in [0.25, 0.3) is 5.91 Å². The van der Waals surface area contributed by atoms with Crippen LogP contribution in [0.15, 0.2) is 94.3 Å². The van der Waals surface area contributed by atoms with E-state index in [1.54, 1.807) is 67.7 Å². The molecule has 0 radical (unpaired) electrons. The standard InChI is InChI=1S/C25H23N5O4S.2C2HF3O2/c1-15-18(12-13-21(30-32)23(15)26)24-20(6-4-14-28-24)25(31)29-17-10-8-16(9-11-17)19-5-2-3-7-22(19)35(27,33)34;2*3-2(4,5)1(6)7/h2-12,14,32H,13,26H2,1H3,(H,29,31)(H2,27,33,34);2*(H,6,7). The predicted molar refractivity (Wildman–Crippen MR) is 162 cm³/mol. The van der Waals surface area contributed by atoms with E-state index in [-0.39, 0.29) is 10.8 Å². The molecule has 1 amide bonds. The number of nitrogens with one attached hydrogen (secondary N) is 1. The number of sulfonamides is 1. The molecule has 1 aromatic heterocycles. The van der Waals surface area contributed by atoms with E-state index in [4.69, 9.17) is 35.9 Å². The molecule has 262 valence electrons. The lowest BCUT2D eigenvalue weighted by atomic mass is 9.90. The van der Waals surface area contributed by atoms with Crippen LogP contribution in [-0.4, -0.2) is 64.7 Å². The van der Waals surface area contributed by atoms with Crippen molar-refractivity contribution in [2.75, 3.05) is 5.32 Å². The summed E-state index contributed by atoms with van der Waals surface area (Å²) in [6.45, 7) is 1.78. The van der Waals surface area contributed by atoms with Crippen molar-refractivity contribution < 1.29 is 64.6 Å². The first-order valence-electron chi connectivity index (χ1n) is 13.1. The van der Waals surface area contributed by atoms with Gasteiger partial charge in [-0.05, 0) is 48.4 Å². The number of pyridine rings is 1. The monoisotopic (exact) mass is 717 g/mol. The number of allylic oxidation sites excluding steroid dienone is 4. The molecule has 0 saturated heterocycles. The highest BCUT2D eigenvalue weighted by Crippen LogP contribution is 2.31. The van der Waals surface area contributed by atoms with Gasteiger partial charge in [-0.25, -0.2) is 23.1 Å². The van der Waals surface area contributed by atoms with Gasteiger partial charge >= 0.3 is 24.3 Å². The Labute approximate surface area is 272 Å². The normalized spacial score (nSPS) is 14.0. The van der Waals surface area contributed by atoms with Crippen molar-refractivity contribution in [1.29, 1.82) is 0 Å². The molecule has 49 heavy (non-hydrogen) atoms. The summed E-state index contributed by atoms with van der Waals surface area (Å²) in [4.78, 5) is 35.4. The molecule has 0 atom stereocenters. The number of hydrogen-bond acceptors (Lipinski definition) is 9. The number of carboxylic acids is 2. The van der Waals surface area contributed by atoms with Crippen LogP contribution < -0.4 is 16.2 Å². The van der Waals surface area contributed by atoms with E-state index in [1.165, 1.54) is 6.07 Å². The molecule has 1 aliphatic carbocycles. The zero-order valence-electron chi connectivity index (χ0n) is 24.7. The molecule has 1 aliphatic rings. The number of carbonyl (C=O) groups is 3. The van der Waals surface area contributed by atoms with Gasteiger partial charge in [0.15, 0.2) is 0 Å². The zero-order valence-corrected chi connectivity index (χ0v) is 25.6. The van der Waals surface area contributed by atoms with Crippen LogP contribution in [0.3, 0.4) is 0 Å². The Morgan fingerprint density at radius 1 is 0.898 bits per heavy atom. The maximum absolute atomic E-state index is 13.1. The molecular weight excluding hydrogens is 692 g/mol. The molecule has 0 bridgehead atoms. The Morgan fingerprint density at radius 3 is 1.92 bits per heavy atom. The van der Waals surface area contributed by atoms with E-state index in [1.807, 2.05) is 6.08 Å². The number of halogens is 6. The Morgan fingerprint density at radius 2 is 1.43 bits per heavy atom. The second kappa shape index (κ2) is 15.9. The predicted octanol–water partition coefficient (Wildman–Crippen LogP) is 4.76. The quantitative estimate of drug-likeness (QED) is 0.120. The molecule has 4 rings (SSSR count). The fourth-order valence-electron chi connectivity index (χ4n) is 3.88. The van der Waals surface area contributed by atoms with Gasteiger partial charge in [-0.2, -0.15) is 26.3 Å². The van der Waals surface area contributed by atoms with E-state index in [0.717, 1.165) is 0 Å². The maximum Gasteiger partial charge on any atom is 0.490 e. The number of rotatable bonds is 5. The number of carbonyl (C=O) groups excluding carboxylic acids is 1. The fraction of sp³-hybridized carbons (Fsp3) is 0.138. The van der Waals surface area contributed by atoms with Crippen LogP contribution in [0, 0.1) is 0 Å². The lowest BCUT2D eigenvalue weighted by molar-refractivity contribution is -0.193. The molecule has 2 aromatic carbocycles. The van der Waals surface area contributed by atoms with Crippen LogP contribution in [0.4, 0.5) is 32.0 Å². The van der Waals surface area contributed by atoms with E-state index in [2.05, 4.69) is 15.5 Å². The van der Waals surface area contributed by atoms with Crippen molar-refractivity contribution >= 4 is 44.8 Å². The number of benzene rings is 2. The number of alkyl halides is 6. The number of anilines is 1. The number of nitrogens with zero attached hydrogens (tertiary/aromatic N) is 2. The molecule has 13 nitrogen and oxygen atoms in total. The topological polar surface area (TPSA) is 235 Å². The molecule has 8 N–H and O–H groups in total. The summed E-state index contributed by atoms with van der Waals surface area (Å²) in [5.74, 6) is -5.89. The van der Waals surface area contributed by atoms with Crippen LogP contribution in [-0.2, 0) is 19.6 Å². The number of carboxylic acid groups (broad SMARTS) is 2. The van der Waals surface area contributed by atoms with Gasteiger partial charge in [0.2, 0.25) is 10.0 Å². The van der Waals surface area contributed by atoms with E-state index >= 15 is 0 Å².